The van der Waals surface area contributed by atoms with Crippen molar-refractivity contribution >= 4 is 0 Å². The highest BCUT2D eigenvalue weighted by Crippen LogP contribution is 2.27. The summed E-state index contributed by atoms with van der Waals surface area (Å²) in [5.74, 6) is 0.129. The number of nitrogens with two attached hydrogens (primary N) is 1. The van der Waals surface area contributed by atoms with Gasteiger partial charge in [0.15, 0.2) is 0 Å². The van der Waals surface area contributed by atoms with Gasteiger partial charge in [-0.2, -0.15) is 0 Å². The van der Waals surface area contributed by atoms with Crippen LogP contribution in [0.1, 0.15) is 31.9 Å². The van der Waals surface area contributed by atoms with Gasteiger partial charge in [-0.3, -0.25) is 0 Å². The fourth-order valence-corrected chi connectivity index (χ4v) is 1.46. The average Bonchev–Trinajstić information content (AvgIpc) is 2.08. The number of hydrogen-bond acceptors (Lipinski definition) is 2. The number of hydrogen-bond donors (Lipinski definition) is 2. The molecule has 0 saturated carbocycles. The van der Waals surface area contributed by atoms with Gasteiger partial charge < -0.3 is 10.8 Å². The van der Waals surface area contributed by atoms with E-state index in [2.05, 4.69) is 0 Å². The Bertz CT molecular complexity index is 312. The van der Waals surface area contributed by atoms with E-state index in [4.69, 9.17) is 5.73 Å². The third-order valence-electron chi connectivity index (χ3n) is 2.11. The van der Waals surface area contributed by atoms with E-state index >= 15 is 0 Å². The molecule has 1 atom stereocenters. The zero-order chi connectivity index (χ0) is 10.7. The zero-order valence-electron chi connectivity index (χ0n) is 8.50. The van der Waals surface area contributed by atoms with E-state index in [0.29, 0.717) is 11.5 Å². The van der Waals surface area contributed by atoms with Gasteiger partial charge in [0.25, 0.3) is 0 Å². The molecule has 14 heavy (non-hydrogen) atoms. The molecule has 1 aromatic rings. The number of rotatable bonds is 3. The first-order valence-electron chi connectivity index (χ1n) is 4.74. The molecular weight excluding hydrogens is 181 g/mol. The number of halogens is 1. The summed E-state index contributed by atoms with van der Waals surface area (Å²) in [4.78, 5) is 0. The first-order chi connectivity index (χ1) is 6.50. The van der Waals surface area contributed by atoms with Crippen LogP contribution in [-0.2, 0) is 0 Å². The van der Waals surface area contributed by atoms with Crippen LogP contribution < -0.4 is 5.73 Å². The van der Waals surface area contributed by atoms with Gasteiger partial charge >= 0.3 is 0 Å². The largest absolute Gasteiger partial charge is 0.508 e. The van der Waals surface area contributed by atoms with Crippen molar-refractivity contribution < 1.29 is 9.50 Å². The van der Waals surface area contributed by atoms with E-state index in [0.717, 1.165) is 6.42 Å². The summed E-state index contributed by atoms with van der Waals surface area (Å²) in [5.41, 5.74) is 6.32. The molecule has 3 N–H and O–H groups in total. The monoisotopic (exact) mass is 197 g/mol. The summed E-state index contributed by atoms with van der Waals surface area (Å²) >= 11 is 0. The maximum absolute atomic E-state index is 12.9. The van der Waals surface area contributed by atoms with E-state index in [1.165, 1.54) is 18.2 Å². The normalized spacial score (nSPS) is 13.2. The summed E-state index contributed by atoms with van der Waals surface area (Å²) in [6, 6.07) is 3.56. The SMILES string of the molecule is CC(C)C[C@@H](N)c1cc(F)ccc1O. The predicted molar refractivity (Wildman–Crippen MR) is 54.4 cm³/mol. The lowest BCUT2D eigenvalue weighted by molar-refractivity contribution is 0.442. The van der Waals surface area contributed by atoms with Crippen LogP contribution in [0, 0.1) is 11.7 Å². The fourth-order valence-electron chi connectivity index (χ4n) is 1.46. The van der Waals surface area contributed by atoms with Crippen molar-refractivity contribution in [2.45, 2.75) is 26.3 Å². The second-order valence-electron chi connectivity index (χ2n) is 3.94. The van der Waals surface area contributed by atoms with Crippen LogP contribution in [0.5, 0.6) is 5.75 Å². The first kappa shape index (κ1) is 11.0. The molecular formula is C11H16FNO. The highest BCUT2D eigenvalue weighted by molar-refractivity contribution is 5.34. The van der Waals surface area contributed by atoms with Gasteiger partial charge in [0, 0.05) is 11.6 Å². The van der Waals surface area contributed by atoms with Crippen LogP contribution in [0.25, 0.3) is 0 Å². The maximum atomic E-state index is 12.9. The van der Waals surface area contributed by atoms with Crippen LogP contribution in [0.4, 0.5) is 4.39 Å². The van der Waals surface area contributed by atoms with Gasteiger partial charge in [-0.1, -0.05) is 13.8 Å². The Balaban J connectivity index is 2.88. The first-order valence-corrected chi connectivity index (χ1v) is 4.74. The molecule has 3 heteroatoms. The molecule has 0 aliphatic carbocycles. The van der Waals surface area contributed by atoms with Crippen LogP contribution in [0.15, 0.2) is 18.2 Å². The Morgan fingerprint density at radius 1 is 1.43 bits per heavy atom. The number of phenolic OH excluding ortho intramolecular Hbond substituents is 1. The van der Waals surface area contributed by atoms with Crippen LogP contribution in [0.3, 0.4) is 0 Å². The highest BCUT2D eigenvalue weighted by Gasteiger charge is 2.13. The lowest BCUT2D eigenvalue weighted by Crippen LogP contribution is -2.13. The van der Waals surface area contributed by atoms with E-state index < -0.39 is 0 Å². The molecule has 0 aromatic heterocycles. The Hall–Kier alpha value is -1.09. The van der Waals surface area contributed by atoms with Gasteiger partial charge in [-0.05, 0) is 30.5 Å². The summed E-state index contributed by atoms with van der Waals surface area (Å²) in [7, 11) is 0. The molecule has 2 nitrogen and oxygen atoms in total. The summed E-state index contributed by atoms with van der Waals surface area (Å²) in [6.07, 6.45) is 0.733. The molecule has 0 fully saturated rings. The minimum Gasteiger partial charge on any atom is -0.508 e. The van der Waals surface area contributed by atoms with Gasteiger partial charge in [0.2, 0.25) is 0 Å². The van der Waals surface area contributed by atoms with Gasteiger partial charge in [0.1, 0.15) is 11.6 Å². The van der Waals surface area contributed by atoms with Gasteiger partial charge in [-0.25, -0.2) is 4.39 Å². The molecule has 0 radical (unpaired) electrons. The highest BCUT2D eigenvalue weighted by atomic mass is 19.1. The predicted octanol–water partition coefficient (Wildman–Crippen LogP) is 2.58. The summed E-state index contributed by atoms with van der Waals surface area (Å²) < 4.78 is 12.9. The topological polar surface area (TPSA) is 46.2 Å². The molecule has 1 rings (SSSR count). The maximum Gasteiger partial charge on any atom is 0.123 e. The summed E-state index contributed by atoms with van der Waals surface area (Å²) in [5, 5.41) is 9.47. The minimum atomic E-state index is -0.364. The second-order valence-corrected chi connectivity index (χ2v) is 3.94. The quantitative estimate of drug-likeness (QED) is 0.782. The molecule has 0 heterocycles. The zero-order valence-corrected chi connectivity index (χ0v) is 8.50. The molecule has 78 valence electrons. The van der Waals surface area contributed by atoms with Crippen molar-refractivity contribution in [3.05, 3.63) is 29.6 Å². The molecule has 0 spiro atoms. The molecule has 0 saturated heterocycles. The van der Waals surface area contributed by atoms with E-state index in [1.807, 2.05) is 13.8 Å². The lowest BCUT2D eigenvalue weighted by atomic mass is 9.97. The van der Waals surface area contributed by atoms with Crippen LogP contribution >= 0.6 is 0 Å². The molecule has 0 bridgehead atoms. The van der Waals surface area contributed by atoms with Crippen molar-refractivity contribution in [1.82, 2.24) is 0 Å². The standard InChI is InChI=1S/C11H16FNO/c1-7(2)5-10(13)9-6-8(12)3-4-11(9)14/h3-4,6-7,10,14H,5,13H2,1-2H3/t10-/m1/s1. The van der Waals surface area contributed by atoms with Crippen molar-refractivity contribution in [2.24, 2.45) is 11.7 Å². The smallest absolute Gasteiger partial charge is 0.123 e. The molecule has 0 aliphatic rings. The number of phenols is 1. The molecule has 1 aromatic carbocycles. The van der Waals surface area contributed by atoms with Gasteiger partial charge in [0.05, 0.1) is 0 Å². The van der Waals surface area contributed by atoms with Crippen molar-refractivity contribution in [2.75, 3.05) is 0 Å². The Labute approximate surface area is 83.6 Å². The van der Waals surface area contributed by atoms with Crippen molar-refractivity contribution in [3.63, 3.8) is 0 Å². The minimum absolute atomic E-state index is 0.0690. The molecule has 0 amide bonds. The van der Waals surface area contributed by atoms with Gasteiger partial charge in [-0.15, -0.1) is 0 Å². The average molecular weight is 197 g/mol. The fraction of sp³-hybridized carbons (Fsp3) is 0.455. The second kappa shape index (κ2) is 4.42. The van der Waals surface area contributed by atoms with E-state index in [-0.39, 0.29) is 17.6 Å². The Morgan fingerprint density at radius 3 is 2.64 bits per heavy atom. The lowest BCUT2D eigenvalue weighted by Gasteiger charge is -2.15. The summed E-state index contributed by atoms with van der Waals surface area (Å²) in [6.45, 7) is 4.08. The van der Waals surface area contributed by atoms with E-state index in [1.54, 1.807) is 0 Å². The third kappa shape index (κ3) is 2.70. The number of aromatic hydroxyl groups is 1. The Kier molecular flexibility index (Phi) is 3.47. The van der Waals surface area contributed by atoms with Crippen LogP contribution in [0.2, 0.25) is 0 Å². The molecule has 0 unspecified atom stereocenters. The Morgan fingerprint density at radius 2 is 2.07 bits per heavy atom. The molecule has 0 aliphatic heterocycles. The third-order valence-corrected chi connectivity index (χ3v) is 2.11. The van der Waals surface area contributed by atoms with Crippen LogP contribution in [-0.4, -0.2) is 5.11 Å². The van der Waals surface area contributed by atoms with E-state index in [9.17, 15) is 9.50 Å². The number of benzene rings is 1. The van der Waals surface area contributed by atoms with Crippen molar-refractivity contribution in [3.8, 4) is 5.75 Å². The van der Waals surface area contributed by atoms with Crippen molar-refractivity contribution in [1.29, 1.82) is 0 Å².